The van der Waals surface area contributed by atoms with Crippen LogP contribution in [-0.2, 0) is 4.79 Å². The molecule has 0 radical (unpaired) electrons. The Morgan fingerprint density at radius 3 is 2.46 bits per heavy atom. The molecular weight excluding hydrogens is 168 g/mol. The van der Waals surface area contributed by atoms with Crippen molar-refractivity contribution < 1.29 is 4.79 Å². The van der Waals surface area contributed by atoms with Gasteiger partial charge < -0.3 is 10.2 Å². The third-order valence-corrected chi connectivity index (χ3v) is 1.40. The van der Waals surface area contributed by atoms with E-state index in [0.717, 1.165) is 5.82 Å². The summed E-state index contributed by atoms with van der Waals surface area (Å²) in [4.78, 5) is 20.6. The topological polar surface area (TPSA) is 58.1 Å². The van der Waals surface area contributed by atoms with Crippen LogP contribution in [-0.4, -0.2) is 30.0 Å². The van der Waals surface area contributed by atoms with Gasteiger partial charge in [-0.2, -0.15) is 0 Å². The van der Waals surface area contributed by atoms with Gasteiger partial charge in [-0.25, -0.2) is 9.97 Å². The van der Waals surface area contributed by atoms with Crippen molar-refractivity contribution in [1.82, 2.24) is 9.97 Å². The fourth-order valence-corrected chi connectivity index (χ4v) is 0.797. The molecule has 0 saturated carbocycles. The first-order valence-electron chi connectivity index (χ1n) is 3.86. The molecule has 1 rings (SSSR count). The summed E-state index contributed by atoms with van der Waals surface area (Å²) < 4.78 is 0. The van der Waals surface area contributed by atoms with E-state index in [1.807, 2.05) is 19.0 Å². The Bertz CT molecular complexity index is 294. The van der Waals surface area contributed by atoms with Gasteiger partial charge in [0.15, 0.2) is 5.82 Å². The molecule has 0 aliphatic carbocycles. The molecule has 0 aliphatic heterocycles. The summed E-state index contributed by atoms with van der Waals surface area (Å²) in [5.41, 5.74) is 0. The minimum absolute atomic E-state index is 0.146. The van der Waals surface area contributed by atoms with Crippen LogP contribution < -0.4 is 10.2 Å². The summed E-state index contributed by atoms with van der Waals surface area (Å²) in [6.07, 6.45) is 3.13. The standard InChI is InChI=1S/C8H12N4O/c1-6(13)11-7-4-10-8(5-9-7)12(2)3/h4-5H,1-3H3,(H,9,11,13). The van der Waals surface area contributed by atoms with Crippen molar-refractivity contribution in [1.29, 1.82) is 0 Å². The summed E-state index contributed by atoms with van der Waals surface area (Å²) in [7, 11) is 3.75. The predicted molar refractivity (Wildman–Crippen MR) is 50.7 cm³/mol. The minimum atomic E-state index is -0.146. The van der Waals surface area contributed by atoms with E-state index in [9.17, 15) is 4.79 Å². The van der Waals surface area contributed by atoms with E-state index in [4.69, 9.17) is 0 Å². The first-order valence-corrected chi connectivity index (χ1v) is 3.86. The van der Waals surface area contributed by atoms with Gasteiger partial charge in [-0.1, -0.05) is 0 Å². The third-order valence-electron chi connectivity index (χ3n) is 1.40. The van der Waals surface area contributed by atoms with Crippen LogP contribution in [0.2, 0.25) is 0 Å². The number of nitrogens with zero attached hydrogens (tertiary/aromatic N) is 3. The van der Waals surface area contributed by atoms with Crippen LogP contribution in [0.1, 0.15) is 6.92 Å². The van der Waals surface area contributed by atoms with E-state index in [1.54, 1.807) is 6.20 Å². The molecule has 70 valence electrons. The zero-order valence-corrected chi connectivity index (χ0v) is 7.90. The summed E-state index contributed by atoms with van der Waals surface area (Å²) in [6, 6.07) is 0. The molecule has 1 amide bonds. The molecule has 0 fully saturated rings. The summed E-state index contributed by atoms with van der Waals surface area (Å²) >= 11 is 0. The molecule has 13 heavy (non-hydrogen) atoms. The Morgan fingerprint density at radius 1 is 1.38 bits per heavy atom. The van der Waals surface area contributed by atoms with Crippen molar-refractivity contribution in [3.05, 3.63) is 12.4 Å². The number of hydrogen-bond acceptors (Lipinski definition) is 4. The van der Waals surface area contributed by atoms with Gasteiger partial charge in [0, 0.05) is 21.0 Å². The number of carbonyl (C=O) groups is 1. The second kappa shape index (κ2) is 3.84. The quantitative estimate of drug-likeness (QED) is 0.720. The largest absolute Gasteiger partial charge is 0.361 e. The first-order chi connectivity index (χ1) is 6.09. The van der Waals surface area contributed by atoms with Gasteiger partial charge >= 0.3 is 0 Å². The monoisotopic (exact) mass is 180 g/mol. The van der Waals surface area contributed by atoms with Crippen molar-refractivity contribution in [2.75, 3.05) is 24.3 Å². The van der Waals surface area contributed by atoms with Gasteiger partial charge in [-0.15, -0.1) is 0 Å². The molecule has 0 atom stereocenters. The average molecular weight is 180 g/mol. The highest BCUT2D eigenvalue weighted by Crippen LogP contribution is 2.06. The lowest BCUT2D eigenvalue weighted by Gasteiger charge is -2.10. The van der Waals surface area contributed by atoms with Gasteiger partial charge in [0.1, 0.15) is 5.82 Å². The molecule has 0 unspecified atom stereocenters. The number of nitrogens with one attached hydrogen (secondary N) is 1. The zero-order valence-electron chi connectivity index (χ0n) is 7.90. The van der Waals surface area contributed by atoms with Crippen LogP contribution in [0, 0.1) is 0 Å². The van der Waals surface area contributed by atoms with Gasteiger partial charge in [-0.05, 0) is 0 Å². The van der Waals surface area contributed by atoms with Crippen LogP contribution >= 0.6 is 0 Å². The van der Waals surface area contributed by atoms with E-state index >= 15 is 0 Å². The maximum atomic E-state index is 10.6. The number of anilines is 2. The lowest BCUT2D eigenvalue weighted by atomic mass is 10.5. The summed E-state index contributed by atoms with van der Waals surface area (Å²) in [6.45, 7) is 1.43. The molecule has 0 aliphatic rings. The van der Waals surface area contributed by atoms with Gasteiger partial charge in [0.25, 0.3) is 0 Å². The Balaban J connectivity index is 2.75. The summed E-state index contributed by atoms with van der Waals surface area (Å²) in [5.74, 6) is 1.08. The van der Waals surface area contributed by atoms with Crippen LogP contribution in [0.4, 0.5) is 11.6 Å². The Kier molecular flexibility index (Phi) is 2.79. The number of aromatic nitrogens is 2. The van der Waals surface area contributed by atoms with Crippen molar-refractivity contribution in [2.45, 2.75) is 6.92 Å². The second-order valence-electron chi connectivity index (χ2n) is 2.84. The molecule has 1 N–H and O–H groups in total. The number of carbonyl (C=O) groups excluding carboxylic acids is 1. The summed E-state index contributed by atoms with van der Waals surface area (Å²) in [5, 5.41) is 2.54. The van der Waals surface area contributed by atoms with Crippen LogP contribution in [0.25, 0.3) is 0 Å². The van der Waals surface area contributed by atoms with Crippen LogP contribution in [0.3, 0.4) is 0 Å². The van der Waals surface area contributed by atoms with Crippen molar-refractivity contribution in [2.24, 2.45) is 0 Å². The number of amides is 1. The first kappa shape index (κ1) is 9.44. The van der Waals surface area contributed by atoms with Gasteiger partial charge in [0.05, 0.1) is 12.4 Å². The molecule has 1 aromatic rings. The van der Waals surface area contributed by atoms with Crippen molar-refractivity contribution in [3.63, 3.8) is 0 Å². The lowest BCUT2D eigenvalue weighted by Crippen LogP contribution is -2.12. The maximum Gasteiger partial charge on any atom is 0.222 e. The average Bonchev–Trinajstić information content (AvgIpc) is 2.04. The predicted octanol–water partition coefficient (Wildman–Crippen LogP) is 0.501. The minimum Gasteiger partial charge on any atom is -0.361 e. The fraction of sp³-hybridized carbons (Fsp3) is 0.375. The highest BCUT2D eigenvalue weighted by atomic mass is 16.1. The molecule has 0 spiro atoms. The normalized spacial score (nSPS) is 9.46. The van der Waals surface area contributed by atoms with Crippen molar-refractivity contribution in [3.8, 4) is 0 Å². The highest BCUT2D eigenvalue weighted by molar-refractivity contribution is 5.87. The van der Waals surface area contributed by atoms with Gasteiger partial charge in [0.2, 0.25) is 5.91 Å². The molecule has 1 aromatic heterocycles. The molecule has 0 saturated heterocycles. The molecule has 5 nitrogen and oxygen atoms in total. The molecular formula is C8H12N4O. The lowest BCUT2D eigenvalue weighted by molar-refractivity contribution is -0.114. The van der Waals surface area contributed by atoms with Crippen molar-refractivity contribution >= 4 is 17.5 Å². The number of rotatable bonds is 2. The molecule has 0 bridgehead atoms. The second-order valence-corrected chi connectivity index (χ2v) is 2.84. The van der Waals surface area contributed by atoms with Crippen LogP contribution in [0.5, 0.6) is 0 Å². The SMILES string of the molecule is CC(=O)Nc1cnc(N(C)C)cn1. The van der Waals surface area contributed by atoms with E-state index < -0.39 is 0 Å². The Labute approximate surface area is 76.8 Å². The van der Waals surface area contributed by atoms with E-state index in [-0.39, 0.29) is 5.91 Å². The number of hydrogen-bond donors (Lipinski definition) is 1. The molecule has 1 heterocycles. The smallest absolute Gasteiger partial charge is 0.222 e. The van der Waals surface area contributed by atoms with E-state index in [1.165, 1.54) is 13.1 Å². The fourth-order valence-electron chi connectivity index (χ4n) is 0.797. The zero-order chi connectivity index (χ0) is 9.84. The molecule has 5 heteroatoms. The highest BCUT2D eigenvalue weighted by Gasteiger charge is 1.99. The van der Waals surface area contributed by atoms with E-state index in [0.29, 0.717) is 5.82 Å². The van der Waals surface area contributed by atoms with E-state index in [2.05, 4.69) is 15.3 Å². The Morgan fingerprint density at radius 2 is 2.08 bits per heavy atom. The third kappa shape index (κ3) is 2.70. The van der Waals surface area contributed by atoms with Gasteiger partial charge in [-0.3, -0.25) is 4.79 Å². The Hall–Kier alpha value is -1.65. The molecule has 0 aromatic carbocycles. The maximum absolute atomic E-state index is 10.6. The van der Waals surface area contributed by atoms with Crippen LogP contribution in [0.15, 0.2) is 12.4 Å².